The van der Waals surface area contributed by atoms with Crippen molar-refractivity contribution in [2.45, 2.75) is 20.4 Å². The number of nitrogens with zero attached hydrogens (tertiary/aromatic N) is 3. The van der Waals surface area contributed by atoms with Gasteiger partial charge in [-0.2, -0.15) is 0 Å². The Morgan fingerprint density at radius 1 is 1.38 bits per heavy atom. The molecule has 0 amide bonds. The summed E-state index contributed by atoms with van der Waals surface area (Å²) >= 11 is 0. The van der Waals surface area contributed by atoms with Crippen molar-refractivity contribution in [2.24, 2.45) is 5.92 Å². The molecule has 5 heteroatoms. The largest absolute Gasteiger partial charge is 0.383 e. The summed E-state index contributed by atoms with van der Waals surface area (Å²) in [6, 6.07) is 6.11. The molecule has 0 atom stereocenters. The van der Waals surface area contributed by atoms with Crippen LogP contribution in [0.4, 0.5) is 5.82 Å². The SMILES string of the molecule is CNCc1c(N(CCOC)CC(C)C)nc2ccccn12. The second-order valence-corrected chi connectivity index (χ2v) is 5.67. The Labute approximate surface area is 126 Å². The van der Waals surface area contributed by atoms with Crippen LogP contribution >= 0.6 is 0 Å². The van der Waals surface area contributed by atoms with Gasteiger partial charge in [-0.3, -0.25) is 0 Å². The molecule has 0 saturated heterocycles. The maximum atomic E-state index is 5.26. The van der Waals surface area contributed by atoms with Gasteiger partial charge in [0, 0.05) is 32.9 Å². The zero-order chi connectivity index (χ0) is 15.2. The Morgan fingerprint density at radius 2 is 2.19 bits per heavy atom. The van der Waals surface area contributed by atoms with E-state index in [2.05, 4.69) is 34.7 Å². The van der Waals surface area contributed by atoms with Gasteiger partial charge in [0.2, 0.25) is 0 Å². The standard InChI is InChI=1S/C16H26N4O/c1-13(2)12-19(9-10-21-4)16-14(11-17-3)20-8-6-5-7-15(20)18-16/h5-8,13,17H,9-12H2,1-4H3. The van der Waals surface area contributed by atoms with E-state index >= 15 is 0 Å². The third-order valence-electron chi connectivity index (χ3n) is 3.40. The lowest BCUT2D eigenvalue weighted by molar-refractivity contribution is 0.204. The van der Waals surface area contributed by atoms with Crippen molar-refractivity contribution in [1.29, 1.82) is 0 Å². The molecule has 0 unspecified atom stereocenters. The number of anilines is 1. The Kier molecular flexibility index (Phi) is 5.59. The summed E-state index contributed by atoms with van der Waals surface area (Å²) in [5, 5.41) is 3.25. The number of methoxy groups -OCH3 is 1. The minimum absolute atomic E-state index is 0.578. The highest BCUT2D eigenvalue weighted by molar-refractivity contribution is 5.56. The van der Waals surface area contributed by atoms with Gasteiger partial charge in [-0.25, -0.2) is 4.98 Å². The molecule has 0 fully saturated rings. The van der Waals surface area contributed by atoms with Crippen LogP contribution in [-0.2, 0) is 11.3 Å². The summed E-state index contributed by atoms with van der Waals surface area (Å²) in [6.07, 6.45) is 2.07. The van der Waals surface area contributed by atoms with Crippen LogP contribution in [0, 0.1) is 5.92 Å². The summed E-state index contributed by atoms with van der Waals surface area (Å²) in [6.45, 7) is 7.79. The zero-order valence-corrected chi connectivity index (χ0v) is 13.5. The average Bonchev–Trinajstić information content (AvgIpc) is 2.82. The quantitative estimate of drug-likeness (QED) is 0.809. The van der Waals surface area contributed by atoms with Crippen LogP contribution in [0.5, 0.6) is 0 Å². The molecular weight excluding hydrogens is 264 g/mol. The number of imidazole rings is 1. The lowest BCUT2D eigenvalue weighted by Gasteiger charge is -2.25. The number of ether oxygens (including phenoxy) is 1. The molecular formula is C16H26N4O. The molecule has 0 spiro atoms. The van der Waals surface area contributed by atoms with Gasteiger partial charge < -0.3 is 19.4 Å². The number of hydrogen-bond acceptors (Lipinski definition) is 4. The number of fused-ring (bicyclic) bond motifs is 1. The van der Waals surface area contributed by atoms with E-state index in [4.69, 9.17) is 9.72 Å². The van der Waals surface area contributed by atoms with E-state index in [-0.39, 0.29) is 0 Å². The zero-order valence-electron chi connectivity index (χ0n) is 13.5. The molecule has 116 valence electrons. The van der Waals surface area contributed by atoms with Gasteiger partial charge in [0.15, 0.2) is 5.82 Å². The number of hydrogen-bond donors (Lipinski definition) is 1. The lowest BCUT2D eigenvalue weighted by Crippen LogP contribution is -2.32. The Morgan fingerprint density at radius 3 is 2.86 bits per heavy atom. The monoisotopic (exact) mass is 290 g/mol. The van der Waals surface area contributed by atoms with Crippen LogP contribution in [0.25, 0.3) is 5.65 Å². The Balaban J connectivity index is 2.41. The van der Waals surface area contributed by atoms with E-state index in [9.17, 15) is 0 Å². The van der Waals surface area contributed by atoms with Crippen LogP contribution < -0.4 is 10.2 Å². The van der Waals surface area contributed by atoms with Crippen LogP contribution in [0.3, 0.4) is 0 Å². The number of rotatable bonds is 8. The van der Waals surface area contributed by atoms with Crippen molar-refractivity contribution in [3.05, 3.63) is 30.1 Å². The van der Waals surface area contributed by atoms with Crippen molar-refractivity contribution in [3.63, 3.8) is 0 Å². The molecule has 0 aliphatic rings. The molecule has 2 heterocycles. The number of pyridine rings is 1. The van der Waals surface area contributed by atoms with Crippen LogP contribution in [0.2, 0.25) is 0 Å². The molecule has 1 N–H and O–H groups in total. The average molecular weight is 290 g/mol. The summed E-state index contributed by atoms with van der Waals surface area (Å²) in [4.78, 5) is 7.16. The summed E-state index contributed by atoms with van der Waals surface area (Å²) in [5.41, 5.74) is 2.19. The molecule has 0 aromatic carbocycles. The highest BCUT2D eigenvalue weighted by atomic mass is 16.5. The molecule has 2 rings (SSSR count). The Bertz CT molecular complexity index is 564. The summed E-state index contributed by atoms with van der Waals surface area (Å²) in [7, 11) is 3.71. The van der Waals surface area contributed by atoms with Crippen molar-refractivity contribution in [1.82, 2.24) is 14.7 Å². The van der Waals surface area contributed by atoms with Crippen LogP contribution in [0.1, 0.15) is 19.5 Å². The van der Waals surface area contributed by atoms with Gasteiger partial charge in [0.1, 0.15) is 5.65 Å². The van der Waals surface area contributed by atoms with Gasteiger partial charge in [-0.05, 0) is 25.1 Å². The predicted molar refractivity (Wildman–Crippen MR) is 86.9 cm³/mol. The van der Waals surface area contributed by atoms with Crippen molar-refractivity contribution < 1.29 is 4.74 Å². The topological polar surface area (TPSA) is 41.8 Å². The maximum absolute atomic E-state index is 5.26. The van der Waals surface area contributed by atoms with E-state index in [0.29, 0.717) is 12.5 Å². The molecule has 0 saturated carbocycles. The van der Waals surface area contributed by atoms with E-state index in [0.717, 1.165) is 31.1 Å². The first kappa shape index (κ1) is 15.8. The van der Waals surface area contributed by atoms with Crippen molar-refractivity contribution >= 4 is 11.5 Å². The van der Waals surface area contributed by atoms with E-state index in [1.807, 2.05) is 25.2 Å². The fraction of sp³-hybridized carbons (Fsp3) is 0.562. The van der Waals surface area contributed by atoms with E-state index in [1.54, 1.807) is 7.11 Å². The normalized spacial score (nSPS) is 11.5. The first-order valence-corrected chi connectivity index (χ1v) is 7.51. The van der Waals surface area contributed by atoms with E-state index < -0.39 is 0 Å². The molecule has 0 bridgehead atoms. The van der Waals surface area contributed by atoms with Gasteiger partial charge in [0.25, 0.3) is 0 Å². The van der Waals surface area contributed by atoms with Gasteiger partial charge >= 0.3 is 0 Å². The fourth-order valence-electron chi connectivity index (χ4n) is 2.55. The molecule has 0 aliphatic heterocycles. The third-order valence-corrected chi connectivity index (χ3v) is 3.40. The third kappa shape index (κ3) is 3.74. The molecule has 21 heavy (non-hydrogen) atoms. The van der Waals surface area contributed by atoms with Crippen LogP contribution in [-0.4, -0.2) is 43.2 Å². The van der Waals surface area contributed by atoms with E-state index in [1.165, 1.54) is 5.69 Å². The Hall–Kier alpha value is -1.59. The minimum Gasteiger partial charge on any atom is -0.383 e. The van der Waals surface area contributed by atoms with Crippen molar-refractivity contribution in [2.75, 3.05) is 38.8 Å². The molecule has 2 aromatic heterocycles. The van der Waals surface area contributed by atoms with Gasteiger partial charge in [-0.1, -0.05) is 19.9 Å². The minimum atomic E-state index is 0.578. The lowest BCUT2D eigenvalue weighted by atomic mass is 10.2. The summed E-state index contributed by atoms with van der Waals surface area (Å²) < 4.78 is 7.42. The first-order valence-electron chi connectivity index (χ1n) is 7.51. The highest BCUT2D eigenvalue weighted by Crippen LogP contribution is 2.22. The fourth-order valence-corrected chi connectivity index (χ4v) is 2.55. The summed E-state index contributed by atoms with van der Waals surface area (Å²) in [5.74, 6) is 1.63. The van der Waals surface area contributed by atoms with Crippen molar-refractivity contribution in [3.8, 4) is 0 Å². The molecule has 2 aromatic rings. The second-order valence-electron chi connectivity index (χ2n) is 5.67. The highest BCUT2D eigenvalue weighted by Gasteiger charge is 2.18. The second kappa shape index (κ2) is 7.43. The molecule has 5 nitrogen and oxygen atoms in total. The first-order chi connectivity index (χ1) is 10.2. The number of nitrogens with one attached hydrogen (secondary N) is 1. The molecule has 0 radical (unpaired) electrons. The van der Waals surface area contributed by atoms with Crippen LogP contribution in [0.15, 0.2) is 24.4 Å². The van der Waals surface area contributed by atoms with Gasteiger partial charge in [0.05, 0.1) is 12.3 Å². The predicted octanol–water partition coefficient (Wildman–Crippen LogP) is 2.16. The smallest absolute Gasteiger partial charge is 0.152 e. The van der Waals surface area contributed by atoms with Gasteiger partial charge in [-0.15, -0.1) is 0 Å². The maximum Gasteiger partial charge on any atom is 0.152 e. The molecule has 0 aliphatic carbocycles. The number of aromatic nitrogens is 2.